The molecule has 0 saturated heterocycles. The molecule has 19 heavy (non-hydrogen) atoms. The molecule has 0 atom stereocenters. The Hall–Kier alpha value is -1.49. The highest BCUT2D eigenvalue weighted by molar-refractivity contribution is 9.10. The van der Waals surface area contributed by atoms with Gasteiger partial charge in [-0.25, -0.2) is 0 Å². The van der Waals surface area contributed by atoms with Crippen LogP contribution in [0.2, 0.25) is 0 Å². The Balaban J connectivity index is 2.21. The number of hydrogen-bond acceptors (Lipinski definition) is 3. The number of nitrogens with two attached hydrogens (primary N) is 1. The van der Waals surface area contributed by atoms with E-state index >= 15 is 0 Å². The molecule has 0 amide bonds. The lowest BCUT2D eigenvalue weighted by Crippen LogP contribution is -2.05. The first-order valence-electron chi connectivity index (χ1n) is 6.07. The van der Waals surface area contributed by atoms with Gasteiger partial charge in [-0.05, 0) is 47.8 Å². The lowest BCUT2D eigenvalue weighted by molar-refractivity contribution is 0.292. The third-order valence-electron chi connectivity index (χ3n) is 3.19. The van der Waals surface area contributed by atoms with Crippen molar-refractivity contribution in [3.63, 3.8) is 0 Å². The molecule has 5 heteroatoms. The molecule has 0 aliphatic carbocycles. The molecule has 2 N–H and O–H groups in total. The summed E-state index contributed by atoms with van der Waals surface area (Å²) in [6.45, 7) is 6.43. The Kier molecular flexibility index (Phi) is 3.85. The number of halogens is 1. The lowest BCUT2D eigenvalue weighted by Gasteiger charge is -2.12. The van der Waals surface area contributed by atoms with Gasteiger partial charge in [-0.1, -0.05) is 6.07 Å². The van der Waals surface area contributed by atoms with Gasteiger partial charge in [-0.2, -0.15) is 5.10 Å². The largest absolute Gasteiger partial charge is 0.487 e. The van der Waals surface area contributed by atoms with Crippen LogP contribution in [0.3, 0.4) is 0 Å². The summed E-state index contributed by atoms with van der Waals surface area (Å²) in [6.07, 6.45) is 0. The molecule has 0 unspecified atom stereocenters. The predicted octanol–water partition coefficient (Wildman–Crippen LogP) is 3.27. The second-order valence-corrected chi connectivity index (χ2v) is 5.53. The predicted molar refractivity (Wildman–Crippen MR) is 80.3 cm³/mol. The summed E-state index contributed by atoms with van der Waals surface area (Å²) in [6, 6.07) is 3.91. The molecule has 0 fully saturated rings. The summed E-state index contributed by atoms with van der Waals surface area (Å²) in [5, 5.41) is 4.34. The fourth-order valence-corrected chi connectivity index (χ4v) is 2.44. The molecule has 1 aromatic carbocycles. The molecule has 0 spiro atoms. The molecule has 4 nitrogen and oxygen atoms in total. The van der Waals surface area contributed by atoms with Gasteiger partial charge in [0.2, 0.25) is 0 Å². The highest BCUT2D eigenvalue weighted by Crippen LogP contribution is 2.27. The van der Waals surface area contributed by atoms with Crippen molar-refractivity contribution in [2.24, 2.45) is 7.05 Å². The Morgan fingerprint density at radius 1 is 1.26 bits per heavy atom. The summed E-state index contributed by atoms with van der Waals surface area (Å²) in [5.41, 5.74) is 10.8. The average molecular weight is 324 g/mol. The Labute approximate surface area is 121 Å². The second kappa shape index (κ2) is 5.25. The summed E-state index contributed by atoms with van der Waals surface area (Å²) in [5.74, 6) is 0.814. The molecule has 2 aromatic rings. The zero-order chi connectivity index (χ0) is 14.2. The number of ether oxygens (including phenoxy) is 1. The number of nitrogen functional groups attached to an aromatic ring is 1. The number of rotatable bonds is 3. The van der Waals surface area contributed by atoms with Gasteiger partial charge in [0.05, 0.1) is 15.9 Å². The van der Waals surface area contributed by atoms with Gasteiger partial charge in [0.1, 0.15) is 12.4 Å². The number of aromatic nitrogens is 2. The molecule has 1 aromatic heterocycles. The van der Waals surface area contributed by atoms with Crippen molar-refractivity contribution < 1.29 is 4.74 Å². The van der Waals surface area contributed by atoms with Crippen LogP contribution < -0.4 is 10.5 Å². The van der Waals surface area contributed by atoms with E-state index in [-0.39, 0.29) is 0 Å². The standard InChI is InChI=1S/C14H18BrN3O/c1-8-5-9(2)13(6-11(8)16)19-7-12-14(15)10(3)17-18(12)4/h5-6H,7,16H2,1-4H3. The second-order valence-electron chi connectivity index (χ2n) is 4.73. The van der Waals surface area contributed by atoms with Gasteiger partial charge in [-0.3, -0.25) is 4.68 Å². The number of aryl methyl sites for hydroxylation is 4. The van der Waals surface area contributed by atoms with E-state index in [1.807, 2.05) is 44.6 Å². The Morgan fingerprint density at radius 3 is 2.53 bits per heavy atom. The van der Waals surface area contributed by atoms with Crippen LogP contribution in [0.15, 0.2) is 16.6 Å². The number of hydrogen-bond donors (Lipinski definition) is 1. The van der Waals surface area contributed by atoms with E-state index in [0.29, 0.717) is 6.61 Å². The average Bonchev–Trinajstić information content (AvgIpc) is 2.57. The lowest BCUT2D eigenvalue weighted by atomic mass is 10.1. The molecule has 2 rings (SSSR count). The van der Waals surface area contributed by atoms with E-state index in [0.717, 1.165) is 38.4 Å². The van der Waals surface area contributed by atoms with Crippen molar-refractivity contribution in [3.05, 3.63) is 39.1 Å². The first-order valence-corrected chi connectivity index (χ1v) is 6.87. The van der Waals surface area contributed by atoms with E-state index in [4.69, 9.17) is 10.5 Å². The maximum atomic E-state index is 5.92. The van der Waals surface area contributed by atoms with Gasteiger partial charge >= 0.3 is 0 Å². The fraction of sp³-hybridized carbons (Fsp3) is 0.357. The van der Waals surface area contributed by atoms with Gasteiger partial charge in [0.25, 0.3) is 0 Å². The Bertz CT molecular complexity index is 620. The maximum Gasteiger partial charge on any atom is 0.131 e. The molecule has 0 saturated carbocycles. The van der Waals surface area contributed by atoms with Crippen LogP contribution in [0.1, 0.15) is 22.5 Å². The third kappa shape index (κ3) is 2.76. The van der Waals surface area contributed by atoms with Crippen molar-refractivity contribution in [1.29, 1.82) is 0 Å². The van der Waals surface area contributed by atoms with E-state index in [9.17, 15) is 0 Å². The number of nitrogens with zero attached hydrogens (tertiary/aromatic N) is 2. The highest BCUT2D eigenvalue weighted by Gasteiger charge is 2.12. The van der Waals surface area contributed by atoms with Crippen LogP contribution in [0.25, 0.3) is 0 Å². The quantitative estimate of drug-likeness (QED) is 0.882. The summed E-state index contributed by atoms with van der Waals surface area (Å²) < 4.78 is 8.68. The van der Waals surface area contributed by atoms with E-state index < -0.39 is 0 Å². The van der Waals surface area contributed by atoms with Crippen molar-refractivity contribution in [3.8, 4) is 5.75 Å². The highest BCUT2D eigenvalue weighted by atomic mass is 79.9. The van der Waals surface area contributed by atoms with Gasteiger partial charge in [0, 0.05) is 18.8 Å². The molecular weight excluding hydrogens is 306 g/mol. The minimum absolute atomic E-state index is 0.460. The van der Waals surface area contributed by atoms with Crippen molar-refractivity contribution >= 4 is 21.6 Å². The molecule has 0 aliphatic heterocycles. The van der Waals surface area contributed by atoms with Crippen LogP contribution in [0.4, 0.5) is 5.69 Å². The van der Waals surface area contributed by atoms with E-state index in [1.165, 1.54) is 0 Å². The normalized spacial score (nSPS) is 10.8. The van der Waals surface area contributed by atoms with Crippen molar-refractivity contribution in [1.82, 2.24) is 9.78 Å². The van der Waals surface area contributed by atoms with Crippen LogP contribution in [0, 0.1) is 20.8 Å². The SMILES string of the molecule is Cc1cc(C)c(OCc2c(Br)c(C)nn2C)cc1N. The number of benzene rings is 1. The van der Waals surface area contributed by atoms with Gasteiger partial charge < -0.3 is 10.5 Å². The van der Waals surface area contributed by atoms with Gasteiger partial charge in [0.15, 0.2) is 0 Å². The summed E-state index contributed by atoms with van der Waals surface area (Å²) in [4.78, 5) is 0. The maximum absolute atomic E-state index is 5.92. The summed E-state index contributed by atoms with van der Waals surface area (Å²) in [7, 11) is 1.91. The van der Waals surface area contributed by atoms with Crippen molar-refractivity contribution in [2.45, 2.75) is 27.4 Å². The van der Waals surface area contributed by atoms with Gasteiger partial charge in [-0.15, -0.1) is 0 Å². The van der Waals surface area contributed by atoms with Crippen LogP contribution in [-0.2, 0) is 13.7 Å². The molecule has 102 valence electrons. The molecule has 0 aliphatic rings. The van der Waals surface area contributed by atoms with Crippen LogP contribution in [-0.4, -0.2) is 9.78 Å². The molecule has 0 bridgehead atoms. The fourth-order valence-electron chi connectivity index (χ4n) is 1.99. The first kappa shape index (κ1) is 13.9. The van der Waals surface area contributed by atoms with E-state index in [2.05, 4.69) is 21.0 Å². The number of anilines is 1. The van der Waals surface area contributed by atoms with Crippen LogP contribution in [0.5, 0.6) is 5.75 Å². The zero-order valence-corrected chi connectivity index (χ0v) is 13.2. The molecule has 0 radical (unpaired) electrons. The minimum atomic E-state index is 0.460. The Morgan fingerprint density at radius 2 is 1.95 bits per heavy atom. The molecular formula is C14H18BrN3O. The monoisotopic (exact) mass is 323 g/mol. The first-order chi connectivity index (χ1) is 8.90. The minimum Gasteiger partial charge on any atom is -0.487 e. The topological polar surface area (TPSA) is 53.1 Å². The molecule has 1 heterocycles. The van der Waals surface area contributed by atoms with Crippen LogP contribution >= 0.6 is 15.9 Å². The van der Waals surface area contributed by atoms with Crippen molar-refractivity contribution in [2.75, 3.05) is 5.73 Å². The summed E-state index contributed by atoms with van der Waals surface area (Å²) >= 11 is 3.53. The van der Waals surface area contributed by atoms with E-state index in [1.54, 1.807) is 0 Å². The third-order valence-corrected chi connectivity index (χ3v) is 4.22. The smallest absolute Gasteiger partial charge is 0.131 e. The zero-order valence-electron chi connectivity index (χ0n) is 11.6.